The molecule has 2 unspecified atom stereocenters. The van der Waals surface area contributed by atoms with Crippen molar-refractivity contribution in [3.63, 3.8) is 0 Å². The highest BCUT2D eigenvalue weighted by Gasteiger charge is 2.73. The Balaban J connectivity index is 1.40. The number of aromatic hydroxyl groups is 1. The minimum atomic E-state index is -0.841. The molecule has 0 radical (unpaired) electrons. The van der Waals surface area contributed by atoms with E-state index in [2.05, 4.69) is 10.2 Å². The third kappa shape index (κ3) is 3.66. The van der Waals surface area contributed by atoms with Crippen LogP contribution in [0.5, 0.6) is 5.75 Å². The second kappa shape index (κ2) is 9.36. The van der Waals surface area contributed by atoms with Gasteiger partial charge in [-0.15, -0.1) is 10.2 Å². The van der Waals surface area contributed by atoms with Gasteiger partial charge in [-0.05, 0) is 44.2 Å². The number of aromatic nitrogens is 3. The maximum atomic E-state index is 14.2. The summed E-state index contributed by atoms with van der Waals surface area (Å²) in [4.78, 5) is 41.4. The topological polar surface area (TPSA) is 118 Å². The number of pyridine rings is 1. The number of hydrogen-bond acceptors (Lipinski definition) is 9. The lowest BCUT2D eigenvalue weighted by Gasteiger charge is -2.54. The van der Waals surface area contributed by atoms with Crippen LogP contribution < -0.4 is 10.4 Å². The van der Waals surface area contributed by atoms with Gasteiger partial charge >= 0.3 is 5.97 Å². The van der Waals surface area contributed by atoms with Crippen LogP contribution in [0, 0.1) is 29.4 Å². The molecule has 1 aromatic carbocycles. The Morgan fingerprint density at radius 3 is 2.73 bits per heavy atom. The van der Waals surface area contributed by atoms with Gasteiger partial charge in [-0.2, -0.15) is 0 Å². The SMILES string of the molecule is CCOC(=O)[C@H]1C2CCC3([C@@H]21)N(CC)C(=O)c1c(O)c(=O)c(-c2nnc(Cc4ccc(F)cc4F)s2)cn1N3C. The molecule has 3 aliphatic rings. The van der Waals surface area contributed by atoms with Crippen molar-refractivity contribution in [3.8, 4) is 16.3 Å². The number of ether oxygens (including phenoxy) is 1. The normalized spacial score (nSPS) is 24.8. The van der Waals surface area contributed by atoms with Gasteiger partial charge in [0.05, 0.1) is 18.1 Å². The smallest absolute Gasteiger partial charge is 0.309 e. The predicted octanol–water partition coefficient (Wildman–Crippen LogP) is 2.90. The summed E-state index contributed by atoms with van der Waals surface area (Å²) in [5, 5.41) is 21.6. The molecule has 0 saturated heterocycles. The Morgan fingerprint density at radius 1 is 1.25 bits per heavy atom. The zero-order valence-electron chi connectivity index (χ0n) is 22.1. The lowest BCUT2D eigenvalue weighted by atomic mass is 9.94. The number of benzene rings is 1. The van der Waals surface area contributed by atoms with Gasteiger partial charge < -0.3 is 14.7 Å². The number of hydrogen-bond donors (Lipinski definition) is 1. The zero-order chi connectivity index (χ0) is 28.5. The third-order valence-corrected chi connectivity index (χ3v) is 9.40. The van der Waals surface area contributed by atoms with Crippen molar-refractivity contribution in [1.82, 2.24) is 19.8 Å². The summed E-state index contributed by atoms with van der Waals surface area (Å²) in [6, 6.07) is 3.25. The molecular weight excluding hydrogens is 544 g/mol. The molecule has 0 bridgehead atoms. The highest BCUT2D eigenvalue weighted by Crippen LogP contribution is 2.65. The molecule has 3 aromatic rings. The van der Waals surface area contributed by atoms with Crippen LogP contribution in [-0.4, -0.2) is 62.6 Å². The molecule has 4 atom stereocenters. The van der Waals surface area contributed by atoms with Crippen molar-refractivity contribution in [3.05, 3.63) is 62.5 Å². The fourth-order valence-corrected chi connectivity index (χ4v) is 7.55. The summed E-state index contributed by atoms with van der Waals surface area (Å²) >= 11 is 1.03. The van der Waals surface area contributed by atoms with E-state index >= 15 is 0 Å². The van der Waals surface area contributed by atoms with Crippen LogP contribution in [-0.2, 0) is 16.0 Å². The molecule has 1 N–H and O–H groups in total. The highest BCUT2D eigenvalue weighted by molar-refractivity contribution is 7.14. The minimum absolute atomic E-state index is 0.0246. The van der Waals surface area contributed by atoms with Crippen LogP contribution in [0.4, 0.5) is 8.78 Å². The highest BCUT2D eigenvalue weighted by atomic mass is 32.1. The minimum Gasteiger partial charge on any atom is -0.502 e. The van der Waals surface area contributed by atoms with Gasteiger partial charge in [-0.1, -0.05) is 17.4 Å². The van der Waals surface area contributed by atoms with Crippen molar-refractivity contribution in [2.24, 2.45) is 17.8 Å². The maximum absolute atomic E-state index is 14.2. The molecule has 1 spiro atoms. The Morgan fingerprint density at radius 2 is 2.02 bits per heavy atom. The van der Waals surface area contributed by atoms with Crippen molar-refractivity contribution in [1.29, 1.82) is 0 Å². The zero-order valence-corrected chi connectivity index (χ0v) is 22.9. The first-order valence-corrected chi connectivity index (χ1v) is 13.9. The maximum Gasteiger partial charge on any atom is 0.309 e. The van der Waals surface area contributed by atoms with Gasteiger partial charge in [0.1, 0.15) is 22.3 Å². The van der Waals surface area contributed by atoms with Crippen LogP contribution in [0.15, 0.2) is 29.2 Å². The number of rotatable bonds is 6. The van der Waals surface area contributed by atoms with E-state index in [0.29, 0.717) is 18.0 Å². The van der Waals surface area contributed by atoms with Crippen LogP contribution in [0.25, 0.3) is 10.6 Å². The predicted molar refractivity (Wildman–Crippen MR) is 140 cm³/mol. The molecule has 2 fully saturated rings. The molecule has 1 aliphatic heterocycles. The molecule has 10 nitrogen and oxygen atoms in total. The Hall–Kier alpha value is -3.87. The molecule has 2 saturated carbocycles. The van der Waals surface area contributed by atoms with E-state index < -0.39 is 34.4 Å². The van der Waals surface area contributed by atoms with E-state index in [4.69, 9.17) is 4.74 Å². The monoisotopic (exact) mass is 571 g/mol. The average Bonchev–Trinajstić information content (AvgIpc) is 3.25. The van der Waals surface area contributed by atoms with Gasteiger partial charge in [0.2, 0.25) is 5.43 Å². The second-order valence-electron chi connectivity index (χ2n) is 10.3. The van der Waals surface area contributed by atoms with E-state index in [0.717, 1.165) is 29.9 Å². The van der Waals surface area contributed by atoms with Crippen molar-refractivity contribution < 1.29 is 28.2 Å². The Kier molecular flexibility index (Phi) is 6.17. The number of esters is 1. The molecule has 3 heterocycles. The fourth-order valence-electron chi connectivity index (χ4n) is 6.68. The summed E-state index contributed by atoms with van der Waals surface area (Å²) < 4.78 is 34.2. The van der Waals surface area contributed by atoms with Gasteiger partial charge in [0, 0.05) is 38.2 Å². The fraction of sp³-hybridized carbons (Fsp3) is 0.444. The van der Waals surface area contributed by atoms with Gasteiger partial charge in [0.25, 0.3) is 5.91 Å². The van der Waals surface area contributed by atoms with E-state index in [1.54, 1.807) is 18.9 Å². The van der Waals surface area contributed by atoms with Crippen molar-refractivity contribution in [2.45, 2.75) is 38.8 Å². The van der Waals surface area contributed by atoms with Crippen LogP contribution in [0.3, 0.4) is 0 Å². The van der Waals surface area contributed by atoms with Crippen molar-refractivity contribution >= 4 is 23.2 Å². The molecule has 2 aromatic heterocycles. The largest absolute Gasteiger partial charge is 0.502 e. The number of nitrogens with zero attached hydrogens (tertiary/aromatic N) is 5. The van der Waals surface area contributed by atoms with Crippen LogP contribution in [0.1, 0.15) is 47.7 Å². The summed E-state index contributed by atoms with van der Waals surface area (Å²) in [6.45, 7) is 4.17. The first-order valence-electron chi connectivity index (χ1n) is 13.1. The molecular formula is C27H27F2N5O5S. The number of halogens is 2. The molecule has 40 heavy (non-hydrogen) atoms. The molecule has 1 amide bonds. The number of carbonyl (C=O) groups is 2. The number of fused-ring (bicyclic) bond motifs is 3. The molecule has 2 aliphatic carbocycles. The summed E-state index contributed by atoms with van der Waals surface area (Å²) in [7, 11) is 1.78. The first-order chi connectivity index (χ1) is 19.1. The third-order valence-electron chi connectivity index (χ3n) is 8.44. The quantitative estimate of drug-likeness (QED) is 0.449. The van der Waals surface area contributed by atoms with Gasteiger partial charge in [0.15, 0.2) is 16.5 Å². The summed E-state index contributed by atoms with van der Waals surface area (Å²) in [5.41, 5.74) is -1.55. The lowest BCUT2D eigenvalue weighted by Crippen LogP contribution is -2.70. The molecule has 13 heteroatoms. The van der Waals surface area contributed by atoms with Crippen molar-refractivity contribution in [2.75, 3.05) is 25.2 Å². The van der Waals surface area contributed by atoms with E-state index in [-0.39, 0.29) is 58.6 Å². The Labute approximate surface area is 231 Å². The number of carbonyl (C=O) groups excluding carboxylic acids is 2. The lowest BCUT2D eigenvalue weighted by molar-refractivity contribution is -0.146. The van der Waals surface area contributed by atoms with E-state index in [9.17, 15) is 28.3 Å². The van der Waals surface area contributed by atoms with Crippen LogP contribution in [0.2, 0.25) is 0 Å². The second-order valence-corrected chi connectivity index (χ2v) is 11.3. The number of amides is 1. The molecule has 6 rings (SSSR count). The summed E-state index contributed by atoms with van der Waals surface area (Å²) in [5.74, 6) is -3.30. The average molecular weight is 572 g/mol. The Bertz CT molecular complexity index is 1610. The standard InChI is InChI=1S/C27H27F2N5O5S/c1-4-33-25(37)21-23(36)22(35)16(24-31-30-18(40-24)10-13-6-7-14(28)11-17(13)29)12-34(21)32(3)27(33)9-8-15-19(20(15)27)26(38)39-5-2/h6-7,11-12,15,19-20,36H,4-5,8-10H2,1-3H3/t15?,19-,20-,27?/m0/s1. The van der Waals surface area contributed by atoms with E-state index in [1.807, 2.05) is 11.9 Å². The first kappa shape index (κ1) is 26.4. The summed E-state index contributed by atoms with van der Waals surface area (Å²) in [6.07, 6.45) is 2.84. The molecule has 210 valence electrons. The van der Waals surface area contributed by atoms with Crippen LogP contribution >= 0.6 is 11.3 Å². The van der Waals surface area contributed by atoms with E-state index in [1.165, 1.54) is 16.9 Å². The van der Waals surface area contributed by atoms with Gasteiger partial charge in [-0.25, -0.2) is 8.78 Å². The van der Waals surface area contributed by atoms with Gasteiger partial charge in [-0.3, -0.25) is 24.1 Å².